The van der Waals surface area contributed by atoms with Gasteiger partial charge >= 0.3 is 5.97 Å². The number of ether oxygens (including phenoxy) is 1. The van der Waals surface area contributed by atoms with E-state index < -0.39 is 17.5 Å². The van der Waals surface area contributed by atoms with Gasteiger partial charge in [-0.3, -0.25) is 16.3 Å². The van der Waals surface area contributed by atoms with E-state index in [9.17, 15) is 4.79 Å². The number of hydrogen-bond donors (Lipinski definition) is 4. The van der Waals surface area contributed by atoms with Gasteiger partial charge in [-0.15, -0.1) is 0 Å². The molecule has 6 heteroatoms. The van der Waals surface area contributed by atoms with Crippen LogP contribution in [0.3, 0.4) is 0 Å². The molecule has 0 amide bonds. The summed E-state index contributed by atoms with van der Waals surface area (Å²) in [5.74, 6) is -2.31. The van der Waals surface area contributed by atoms with Gasteiger partial charge in [0, 0.05) is 0 Å². The van der Waals surface area contributed by atoms with Crippen molar-refractivity contribution in [3.63, 3.8) is 0 Å². The van der Waals surface area contributed by atoms with E-state index in [2.05, 4.69) is 4.74 Å². The maximum Gasteiger partial charge on any atom is 0.312 e. The highest BCUT2D eigenvalue weighted by molar-refractivity contribution is 5.74. The summed E-state index contributed by atoms with van der Waals surface area (Å²) < 4.78 is 4.43. The molecule has 0 radical (unpaired) electrons. The van der Waals surface area contributed by atoms with E-state index >= 15 is 0 Å². The standard InChI is InChI=1S/C4H10N4O2/c5-3(6)1-2(9)10-4(3,7)8/h1,5-8H2. The normalized spacial score (nSPS) is 28.2. The molecule has 0 spiro atoms. The molecule has 0 atom stereocenters. The Hall–Kier alpha value is -0.690. The fraction of sp³-hybridized carbons (Fsp3) is 0.750. The van der Waals surface area contributed by atoms with Gasteiger partial charge in [0.15, 0.2) is 0 Å². The predicted octanol–water partition coefficient (Wildman–Crippen LogP) is -2.88. The first-order chi connectivity index (χ1) is 4.35. The number of carbonyl (C=O) groups is 1. The highest BCUT2D eigenvalue weighted by Gasteiger charge is 2.51. The molecule has 1 rings (SSSR count). The molecule has 0 aromatic carbocycles. The summed E-state index contributed by atoms with van der Waals surface area (Å²) in [5, 5.41) is 0. The van der Waals surface area contributed by atoms with Crippen molar-refractivity contribution in [3.8, 4) is 0 Å². The molecule has 1 fully saturated rings. The number of cyclic esters (lactones) is 1. The average molecular weight is 146 g/mol. The molecular weight excluding hydrogens is 136 g/mol. The molecule has 0 aromatic rings. The summed E-state index contributed by atoms with van der Waals surface area (Å²) in [5.41, 5.74) is 19.7. The van der Waals surface area contributed by atoms with Gasteiger partial charge in [-0.05, 0) is 0 Å². The van der Waals surface area contributed by atoms with Crippen LogP contribution >= 0.6 is 0 Å². The van der Waals surface area contributed by atoms with Gasteiger partial charge in [-0.1, -0.05) is 0 Å². The second-order valence-electron chi connectivity index (χ2n) is 2.48. The number of esters is 1. The van der Waals surface area contributed by atoms with E-state index in [0.29, 0.717) is 0 Å². The zero-order chi connectivity index (χ0) is 7.99. The third-order valence-corrected chi connectivity index (χ3v) is 1.45. The summed E-state index contributed by atoms with van der Waals surface area (Å²) in [7, 11) is 0. The van der Waals surface area contributed by atoms with Crippen LogP contribution in [0.1, 0.15) is 6.42 Å². The molecule has 0 aliphatic carbocycles. The van der Waals surface area contributed by atoms with E-state index in [1.165, 1.54) is 0 Å². The van der Waals surface area contributed by atoms with Crippen LogP contribution in [0.25, 0.3) is 0 Å². The van der Waals surface area contributed by atoms with Crippen molar-refractivity contribution in [1.29, 1.82) is 0 Å². The molecule has 8 N–H and O–H groups in total. The number of nitrogens with two attached hydrogens (primary N) is 4. The molecule has 1 aliphatic heterocycles. The lowest BCUT2D eigenvalue weighted by atomic mass is 10.1. The Kier molecular flexibility index (Phi) is 1.24. The summed E-state index contributed by atoms with van der Waals surface area (Å²) in [4.78, 5) is 10.5. The lowest BCUT2D eigenvalue weighted by Crippen LogP contribution is -2.73. The Labute approximate surface area is 57.5 Å². The van der Waals surface area contributed by atoms with E-state index in [1.54, 1.807) is 0 Å². The van der Waals surface area contributed by atoms with Gasteiger partial charge in [0.25, 0.3) is 0 Å². The fourth-order valence-electron chi connectivity index (χ4n) is 0.696. The van der Waals surface area contributed by atoms with Gasteiger partial charge < -0.3 is 16.2 Å². The van der Waals surface area contributed by atoms with E-state index in [-0.39, 0.29) is 6.42 Å². The molecule has 1 saturated heterocycles. The van der Waals surface area contributed by atoms with Crippen molar-refractivity contribution in [2.45, 2.75) is 17.9 Å². The Morgan fingerprint density at radius 2 is 1.80 bits per heavy atom. The largest absolute Gasteiger partial charge is 0.427 e. The predicted molar refractivity (Wildman–Crippen MR) is 32.9 cm³/mol. The molecule has 0 unspecified atom stereocenters. The molecule has 0 aromatic heterocycles. The van der Waals surface area contributed by atoms with Crippen molar-refractivity contribution >= 4 is 5.97 Å². The summed E-state index contributed by atoms with van der Waals surface area (Å²) in [6, 6.07) is 0. The number of hydrogen-bond acceptors (Lipinski definition) is 6. The minimum atomic E-state index is -1.73. The molecule has 1 heterocycles. The van der Waals surface area contributed by atoms with Crippen LogP contribution < -0.4 is 22.9 Å². The summed E-state index contributed by atoms with van der Waals surface area (Å²) in [6.07, 6.45) is -0.153. The third kappa shape index (κ3) is 0.868. The first-order valence-electron chi connectivity index (χ1n) is 2.72. The Bertz CT molecular complexity index is 158. The van der Waals surface area contributed by atoms with Gasteiger partial charge in [-0.2, -0.15) is 0 Å². The molecule has 6 nitrogen and oxygen atoms in total. The van der Waals surface area contributed by atoms with E-state index in [0.717, 1.165) is 0 Å². The van der Waals surface area contributed by atoms with Gasteiger partial charge in [0.2, 0.25) is 5.85 Å². The van der Waals surface area contributed by atoms with Crippen molar-refractivity contribution in [2.75, 3.05) is 0 Å². The van der Waals surface area contributed by atoms with E-state index in [1.807, 2.05) is 0 Å². The molecule has 1 aliphatic rings. The van der Waals surface area contributed by atoms with Crippen molar-refractivity contribution in [2.24, 2.45) is 22.9 Å². The maximum absolute atomic E-state index is 10.5. The quantitative estimate of drug-likeness (QED) is 0.214. The minimum Gasteiger partial charge on any atom is -0.427 e. The van der Waals surface area contributed by atoms with Crippen molar-refractivity contribution in [1.82, 2.24) is 0 Å². The van der Waals surface area contributed by atoms with Crippen molar-refractivity contribution in [3.05, 3.63) is 0 Å². The smallest absolute Gasteiger partial charge is 0.312 e. The van der Waals surface area contributed by atoms with Crippen LogP contribution in [-0.2, 0) is 9.53 Å². The first-order valence-corrected chi connectivity index (χ1v) is 2.72. The Balaban J connectivity index is 2.88. The summed E-state index contributed by atoms with van der Waals surface area (Å²) in [6.45, 7) is 0. The van der Waals surface area contributed by atoms with Crippen LogP contribution in [0.4, 0.5) is 0 Å². The average Bonchev–Trinajstić information content (AvgIpc) is 1.73. The lowest BCUT2D eigenvalue weighted by Gasteiger charge is -2.29. The van der Waals surface area contributed by atoms with E-state index in [4.69, 9.17) is 22.9 Å². The fourth-order valence-corrected chi connectivity index (χ4v) is 0.696. The Morgan fingerprint density at radius 3 is 1.90 bits per heavy atom. The van der Waals surface area contributed by atoms with Crippen LogP contribution in [-0.4, -0.2) is 17.5 Å². The molecule has 10 heavy (non-hydrogen) atoms. The lowest BCUT2D eigenvalue weighted by molar-refractivity contribution is -0.148. The van der Waals surface area contributed by atoms with Gasteiger partial charge in [0.05, 0.1) is 6.42 Å². The molecule has 0 saturated carbocycles. The van der Waals surface area contributed by atoms with Gasteiger partial charge in [0.1, 0.15) is 5.66 Å². The molecule has 0 bridgehead atoms. The number of carbonyl (C=O) groups excluding carboxylic acids is 1. The van der Waals surface area contributed by atoms with Crippen LogP contribution in [0, 0.1) is 0 Å². The highest BCUT2D eigenvalue weighted by atomic mass is 16.6. The van der Waals surface area contributed by atoms with Crippen LogP contribution in [0.15, 0.2) is 0 Å². The van der Waals surface area contributed by atoms with Crippen molar-refractivity contribution < 1.29 is 9.53 Å². The minimum absolute atomic E-state index is 0.153. The monoisotopic (exact) mass is 146 g/mol. The zero-order valence-corrected chi connectivity index (χ0v) is 5.33. The zero-order valence-electron chi connectivity index (χ0n) is 5.33. The molecular formula is C4H10N4O2. The van der Waals surface area contributed by atoms with Gasteiger partial charge in [-0.25, -0.2) is 0 Å². The maximum atomic E-state index is 10.5. The second kappa shape index (κ2) is 1.67. The van der Waals surface area contributed by atoms with Crippen LogP contribution in [0.5, 0.6) is 0 Å². The SMILES string of the molecule is NC1(N)CC(=O)OC1(N)N. The Morgan fingerprint density at radius 1 is 1.30 bits per heavy atom. The summed E-state index contributed by atoms with van der Waals surface area (Å²) >= 11 is 0. The topological polar surface area (TPSA) is 130 Å². The second-order valence-corrected chi connectivity index (χ2v) is 2.48. The third-order valence-electron chi connectivity index (χ3n) is 1.45. The number of rotatable bonds is 0. The van der Waals surface area contributed by atoms with Crippen LogP contribution in [0.2, 0.25) is 0 Å². The first kappa shape index (κ1) is 7.42. The highest BCUT2D eigenvalue weighted by Crippen LogP contribution is 2.21. The molecule has 58 valence electrons.